The molecule has 0 fully saturated rings. The van der Waals surface area contributed by atoms with E-state index in [1.165, 1.54) is 0 Å². The first kappa shape index (κ1) is 22.3. The summed E-state index contributed by atoms with van der Waals surface area (Å²) in [5.74, 6) is -1.19. The average molecular weight is 437 g/mol. The molecule has 0 bridgehead atoms. The van der Waals surface area contributed by atoms with Gasteiger partial charge in [-0.3, -0.25) is 9.59 Å². The molecule has 0 aliphatic heterocycles. The Labute approximate surface area is 192 Å². The van der Waals surface area contributed by atoms with Crippen LogP contribution in [-0.2, 0) is 11.2 Å². The second-order valence-electron chi connectivity index (χ2n) is 8.02. The van der Waals surface area contributed by atoms with Gasteiger partial charge in [-0.05, 0) is 11.1 Å². The second-order valence-corrected chi connectivity index (χ2v) is 8.02. The summed E-state index contributed by atoms with van der Waals surface area (Å²) in [6, 6.07) is 33.7. The Bertz CT molecular complexity index is 1120. The molecule has 0 aromatic heterocycles. The lowest BCUT2D eigenvalue weighted by molar-refractivity contribution is -0.0402. The largest absolute Gasteiger partial charge is 0.377 e. The highest BCUT2D eigenvalue weighted by molar-refractivity contribution is 6.06. The molecule has 4 heteroatoms. The number of Topliss-reactive ketones (excluding diaryl/α,β-unsaturated/α-hetero) is 2. The number of hydrogen-bond donors (Lipinski definition) is 2. The van der Waals surface area contributed by atoms with E-state index in [0.29, 0.717) is 11.1 Å². The molecule has 2 atom stereocenters. The van der Waals surface area contributed by atoms with E-state index in [-0.39, 0.29) is 11.1 Å². The lowest BCUT2D eigenvalue weighted by Crippen LogP contribution is -2.47. The minimum Gasteiger partial charge on any atom is -0.377 e. The van der Waals surface area contributed by atoms with E-state index in [2.05, 4.69) is 0 Å². The Hall–Kier alpha value is -3.86. The van der Waals surface area contributed by atoms with Gasteiger partial charge in [0.15, 0.2) is 22.8 Å². The van der Waals surface area contributed by atoms with Gasteiger partial charge in [-0.25, -0.2) is 0 Å². The lowest BCUT2D eigenvalue weighted by Gasteiger charge is -2.36. The number of benzene rings is 4. The molecule has 0 saturated heterocycles. The molecule has 164 valence electrons. The Morgan fingerprint density at radius 3 is 1.06 bits per heavy atom. The molecular formula is C29H24O4. The summed E-state index contributed by atoms with van der Waals surface area (Å²) in [6.07, 6.45) is -0.546. The predicted octanol–water partition coefficient (Wildman–Crippen LogP) is 4.92. The van der Waals surface area contributed by atoms with E-state index in [1.807, 2.05) is 0 Å². The fraction of sp³-hybridized carbons (Fsp3) is 0.103. The normalized spacial score (nSPS) is 14.6. The number of hydrogen-bond acceptors (Lipinski definition) is 4. The van der Waals surface area contributed by atoms with E-state index in [4.69, 9.17) is 0 Å². The topological polar surface area (TPSA) is 74.6 Å². The molecule has 4 nitrogen and oxygen atoms in total. The molecule has 4 aromatic carbocycles. The molecule has 0 radical (unpaired) electrons. The van der Waals surface area contributed by atoms with Crippen molar-refractivity contribution < 1.29 is 19.8 Å². The van der Waals surface area contributed by atoms with Crippen LogP contribution in [-0.4, -0.2) is 21.8 Å². The highest BCUT2D eigenvalue weighted by atomic mass is 16.3. The van der Waals surface area contributed by atoms with E-state index in [1.54, 1.807) is 121 Å². The fourth-order valence-electron chi connectivity index (χ4n) is 4.08. The van der Waals surface area contributed by atoms with Crippen LogP contribution in [0.3, 0.4) is 0 Å². The second kappa shape index (κ2) is 9.33. The zero-order valence-corrected chi connectivity index (χ0v) is 18.0. The fourth-order valence-corrected chi connectivity index (χ4v) is 4.08. The van der Waals surface area contributed by atoms with Gasteiger partial charge in [0.2, 0.25) is 0 Å². The van der Waals surface area contributed by atoms with Crippen molar-refractivity contribution in [3.8, 4) is 0 Å². The van der Waals surface area contributed by atoms with Gasteiger partial charge in [-0.2, -0.15) is 0 Å². The minimum atomic E-state index is -2.16. The quantitative estimate of drug-likeness (QED) is 0.385. The highest BCUT2D eigenvalue weighted by Gasteiger charge is 2.50. The van der Waals surface area contributed by atoms with E-state index >= 15 is 0 Å². The molecule has 0 aliphatic rings. The SMILES string of the molecule is O=C(c1ccccc1)C(O)(CC(O)(C(=O)c1ccccc1)c1ccccc1)c1ccccc1. The maximum atomic E-state index is 13.7. The van der Waals surface area contributed by atoms with Gasteiger partial charge in [0.1, 0.15) is 0 Å². The van der Waals surface area contributed by atoms with Crippen molar-refractivity contribution in [2.75, 3.05) is 0 Å². The van der Waals surface area contributed by atoms with Gasteiger partial charge in [0.05, 0.1) is 0 Å². The van der Waals surface area contributed by atoms with Crippen LogP contribution in [0.5, 0.6) is 0 Å². The third-order valence-corrected chi connectivity index (χ3v) is 5.84. The van der Waals surface area contributed by atoms with Crippen molar-refractivity contribution in [2.45, 2.75) is 17.6 Å². The molecule has 0 amide bonds. The third-order valence-electron chi connectivity index (χ3n) is 5.84. The highest BCUT2D eigenvalue weighted by Crippen LogP contribution is 2.40. The maximum Gasteiger partial charge on any atom is 0.199 e. The third kappa shape index (κ3) is 4.40. The number of carbonyl (C=O) groups is 2. The Morgan fingerprint density at radius 1 is 0.485 bits per heavy atom. The summed E-state index contributed by atoms with van der Waals surface area (Å²) in [5.41, 5.74) is -3.14. The zero-order chi connectivity index (χ0) is 23.3. The molecule has 2 N–H and O–H groups in total. The molecule has 0 saturated carbocycles. The Morgan fingerprint density at radius 2 is 0.758 bits per heavy atom. The van der Waals surface area contributed by atoms with Crippen LogP contribution in [0.4, 0.5) is 0 Å². The summed E-state index contributed by atoms with van der Waals surface area (Å²) >= 11 is 0. The van der Waals surface area contributed by atoms with Gasteiger partial charge >= 0.3 is 0 Å². The van der Waals surface area contributed by atoms with Crippen molar-refractivity contribution >= 4 is 11.6 Å². The molecule has 4 rings (SSSR count). The Kier molecular flexibility index (Phi) is 6.31. The smallest absolute Gasteiger partial charge is 0.199 e. The van der Waals surface area contributed by atoms with Crippen LogP contribution in [0.25, 0.3) is 0 Å². The molecule has 0 heterocycles. The van der Waals surface area contributed by atoms with E-state index < -0.39 is 29.2 Å². The molecule has 33 heavy (non-hydrogen) atoms. The van der Waals surface area contributed by atoms with E-state index in [0.717, 1.165) is 0 Å². The summed E-state index contributed by atoms with van der Waals surface area (Å²) < 4.78 is 0. The van der Waals surface area contributed by atoms with E-state index in [9.17, 15) is 19.8 Å². The number of ketones is 2. The van der Waals surface area contributed by atoms with Crippen LogP contribution in [0.2, 0.25) is 0 Å². The molecule has 4 aromatic rings. The summed E-state index contributed by atoms with van der Waals surface area (Å²) in [6.45, 7) is 0. The number of aliphatic hydroxyl groups is 2. The van der Waals surface area contributed by atoms with Crippen molar-refractivity contribution in [2.24, 2.45) is 0 Å². The van der Waals surface area contributed by atoms with Gasteiger partial charge in [-0.1, -0.05) is 121 Å². The Balaban J connectivity index is 1.88. The van der Waals surface area contributed by atoms with Crippen LogP contribution in [0.1, 0.15) is 38.3 Å². The standard InChI is InChI=1S/C29H24O4/c30-26(22-13-5-1-6-14-22)28(32,24-17-9-3-10-18-24)21-29(33,25-19-11-4-12-20-25)27(31)23-15-7-2-8-16-23/h1-20,32-33H,21H2. The van der Waals surface area contributed by atoms with Gasteiger partial charge in [0, 0.05) is 17.5 Å². The first-order chi connectivity index (χ1) is 15.9. The zero-order valence-electron chi connectivity index (χ0n) is 18.0. The molecular weight excluding hydrogens is 412 g/mol. The molecule has 0 aliphatic carbocycles. The van der Waals surface area contributed by atoms with Crippen molar-refractivity contribution in [3.05, 3.63) is 144 Å². The summed E-state index contributed by atoms with van der Waals surface area (Å²) in [5, 5.41) is 23.9. The first-order valence-corrected chi connectivity index (χ1v) is 10.7. The number of rotatable bonds is 8. The predicted molar refractivity (Wildman–Crippen MR) is 127 cm³/mol. The van der Waals surface area contributed by atoms with Gasteiger partial charge in [-0.15, -0.1) is 0 Å². The summed E-state index contributed by atoms with van der Waals surface area (Å²) in [7, 11) is 0. The average Bonchev–Trinajstić information content (AvgIpc) is 2.89. The van der Waals surface area contributed by atoms with Crippen LogP contribution in [0, 0.1) is 0 Å². The number of carbonyl (C=O) groups excluding carboxylic acids is 2. The van der Waals surface area contributed by atoms with Gasteiger partial charge in [0.25, 0.3) is 0 Å². The molecule has 0 spiro atoms. The van der Waals surface area contributed by atoms with Crippen LogP contribution >= 0.6 is 0 Å². The van der Waals surface area contributed by atoms with Crippen molar-refractivity contribution in [1.82, 2.24) is 0 Å². The van der Waals surface area contributed by atoms with Crippen molar-refractivity contribution in [3.63, 3.8) is 0 Å². The van der Waals surface area contributed by atoms with Gasteiger partial charge < -0.3 is 10.2 Å². The monoisotopic (exact) mass is 436 g/mol. The first-order valence-electron chi connectivity index (χ1n) is 10.7. The summed E-state index contributed by atoms with van der Waals surface area (Å²) in [4.78, 5) is 27.3. The van der Waals surface area contributed by atoms with Crippen molar-refractivity contribution in [1.29, 1.82) is 0 Å². The maximum absolute atomic E-state index is 13.7. The van der Waals surface area contributed by atoms with Crippen LogP contribution in [0.15, 0.2) is 121 Å². The molecule has 2 unspecified atom stereocenters. The lowest BCUT2D eigenvalue weighted by atomic mass is 9.72. The minimum absolute atomic E-state index is 0.284. The van der Waals surface area contributed by atoms with Crippen LogP contribution < -0.4 is 0 Å².